The topological polar surface area (TPSA) is 17.1 Å². The molecule has 1 rings (SSSR count). The van der Waals surface area contributed by atoms with Crippen molar-refractivity contribution >= 4 is 29.0 Å². The maximum Gasteiger partial charge on any atom is 0.149 e. The van der Waals surface area contributed by atoms with E-state index in [0.717, 1.165) is 5.56 Å². The van der Waals surface area contributed by atoms with Gasteiger partial charge in [-0.3, -0.25) is 4.79 Å². The number of halogens is 2. The van der Waals surface area contributed by atoms with Gasteiger partial charge >= 0.3 is 0 Å². The number of hydrogen-bond donors (Lipinski definition) is 0. The van der Waals surface area contributed by atoms with Crippen LogP contribution in [-0.2, 0) is 4.79 Å². The number of alkyl halides is 2. The molecule has 70 valence electrons. The molecule has 0 radical (unpaired) electrons. The van der Waals surface area contributed by atoms with Gasteiger partial charge in [-0.05, 0) is 12.5 Å². The van der Waals surface area contributed by atoms with E-state index in [9.17, 15) is 4.79 Å². The van der Waals surface area contributed by atoms with Crippen molar-refractivity contribution in [3.63, 3.8) is 0 Å². The van der Waals surface area contributed by atoms with Gasteiger partial charge in [0.05, 0.1) is 5.38 Å². The average molecular weight is 217 g/mol. The maximum absolute atomic E-state index is 10.9. The maximum atomic E-state index is 10.9. The summed E-state index contributed by atoms with van der Waals surface area (Å²) in [5, 5.41) is -1.09. The quantitative estimate of drug-likeness (QED) is 0.710. The second-order valence-electron chi connectivity index (χ2n) is 2.82. The lowest BCUT2D eigenvalue weighted by Crippen LogP contribution is -2.16. The van der Waals surface area contributed by atoms with Gasteiger partial charge < -0.3 is 0 Å². The number of hydrogen-bond acceptors (Lipinski definition) is 1. The van der Waals surface area contributed by atoms with Crippen molar-refractivity contribution in [3.05, 3.63) is 35.9 Å². The van der Waals surface area contributed by atoms with Gasteiger partial charge in [-0.1, -0.05) is 30.3 Å². The summed E-state index contributed by atoms with van der Waals surface area (Å²) >= 11 is 11.8. The highest BCUT2D eigenvalue weighted by atomic mass is 35.5. The first-order chi connectivity index (χ1) is 6.13. The normalized spacial score (nSPS) is 15.0. The molecule has 0 heterocycles. The van der Waals surface area contributed by atoms with E-state index in [2.05, 4.69) is 0 Å². The zero-order chi connectivity index (χ0) is 9.84. The molecule has 1 aromatic carbocycles. The van der Waals surface area contributed by atoms with Crippen molar-refractivity contribution < 1.29 is 4.79 Å². The average Bonchev–Trinajstić information content (AvgIpc) is 2.17. The Morgan fingerprint density at radius 1 is 1.23 bits per heavy atom. The second-order valence-corrected chi connectivity index (χ2v) is 3.77. The predicted octanol–water partition coefficient (Wildman–Crippen LogP) is 3.16. The van der Waals surface area contributed by atoms with Crippen molar-refractivity contribution in [2.45, 2.75) is 17.7 Å². The molecule has 0 aliphatic rings. The van der Waals surface area contributed by atoms with Crippen LogP contribution in [0.3, 0.4) is 0 Å². The minimum absolute atomic E-state index is 0.106. The van der Waals surface area contributed by atoms with Gasteiger partial charge in [0.15, 0.2) is 0 Å². The van der Waals surface area contributed by atoms with Crippen molar-refractivity contribution in [3.8, 4) is 0 Å². The number of Topliss-reactive ketones (excluding diaryl/α,β-unsaturated/α-hetero) is 1. The summed E-state index contributed by atoms with van der Waals surface area (Å²) < 4.78 is 0. The molecule has 0 saturated carbocycles. The van der Waals surface area contributed by atoms with E-state index in [1.165, 1.54) is 6.92 Å². The zero-order valence-corrected chi connectivity index (χ0v) is 8.72. The molecule has 3 heteroatoms. The molecule has 0 amide bonds. The molecule has 1 aromatic rings. The summed E-state index contributed by atoms with van der Waals surface area (Å²) in [6.45, 7) is 1.44. The molecule has 2 atom stereocenters. The highest BCUT2D eigenvalue weighted by molar-refractivity contribution is 6.37. The van der Waals surface area contributed by atoms with Crippen LogP contribution in [-0.4, -0.2) is 11.2 Å². The SMILES string of the molecule is CC(=O)[C@@H](Cl)[C@@H](Cl)c1ccccc1. The van der Waals surface area contributed by atoms with Gasteiger partial charge in [0, 0.05) is 0 Å². The summed E-state index contributed by atoms with van der Waals surface area (Å²) in [7, 11) is 0. The van der Waals surface area contributed by atoms with Crippen molar-refractivity contribution in [2.75, 3.05) is 0 Å². The number of carbonyl (C=O) groups is 1. The molecule has 0 unspecified atom stereocenters. The van der Waals surface area contributed by atoms with E-state index >= 15 is 0 Å². The summed E-state index contributed by atoms with van der Waals surface area (Å²) in [6, 6.07) is 9.35. The van der Waals surface area contributed by atoms with Crippen molar-refractivity contribution in [1.82, 2.24) is 0 Å². The van der Waals surface area contributed by atoms with E-state index in [1.807, 2.05) is 30.3 Å². The Morgan fingerprint density at radius 3 is 2.23 bits per heavy atom. The van der Waals surface area contributed by atoms with Crippen LogP contribution in [0, 0.1) is 0 Å². The third-order valence-electron chi connectivity index (χ3n) is 1.76. The van der Waals surface area contributed by atoms with Crippen LogP contribution in [0.15, 0.2) is 30.3 Å². The van der Waals surface area contributed by atoms with Crippen LogP contribution < -0.4 is 0 Å². The van der Waals surface area contributed by atoms with Crippen molar-refractivity contribution in [1.29, 1.82) is 0 Å². The summed E-state index contributed by atoms with van der Waals surface area (Å²) in [5.74, 6) is -0.106. The minimum Gasteiger partial charge on any atom is -0.298 e. The van der Waals surface area contributed by atoms with E-state index in [-0.39, 0.29) is 5.78 Å². The van der Waals surface area contributed by atoms with E-state index in [1.54, 1.807) is 0 Å². The fourth-order valence-electron chi connectivity index (χ4n) is 1.01. The Hall–Kier alpha value is -0.530. The zero-order valence-electron chi connectivity index (χ0n) is 7.21. The third-order valence-corrected chi connectivity index (χ3v) is 2.96. The van der Waals surface area contributed by atoms with Gasteiger partial charge in [-0.2, -0.15) is 0 Å². The number of benzene rings is 1. The number of ketones is 1. The van der Waals surface area contributed by atoms with Crippen LogP contribution in [0.25, 0.3) is 0 Å². The fourth-order valence-corrected chi connectivity index (χ4v) is 1.48. The van der Waals surface area contributed by atoms with Crippen LogP contribution in [0.4, 0.5) is 0 Å². The monoisotopic (exact) mass is 216 g/mol. The largest absolute Gasteiger partial charge is 0.298 e. The molecule has 0 saturated heterocycles. The van der Waals surface area contributed by atoms with Gasteiger partial charge in [0.25, 0.3) is 0 Å². The number of rotatable bonds is 3. The summed E-state index contributed by atoms with van der Waals surface area (Å²) in [5.41, 5.74) is 0.874. The van der Waals surface area contributed by atoms with E-state index in [0.29, 0.717) is 0 Å². The highest BCUT2D eigenvalue weighted by Crippen LogP contribution is 2.28. The van der Waals surface area contributed by atoms with Crippen LogP contribution in [0.2, 0.25) is 0 Å². The first-order valence-corrected chi connectivity index (χ1v) is 4.83. The van der Waals surface area contributed by atoms with E-state index < -0.39 is 10.8 Å². The third kappa shape index (κ3) is 2.71. The molecule has 0 N–H and O–H groups in total. The van der Waals surface area contributed by atoms with Crippen LogP contribution in [0.1, 0.15) is 17.9 Å². The van der Waals surface area contributed by atoms with E-state index in [4.69, 9.17) is 23.2 Å². The lowest BCUT2D eigenvalue weighted by atomic mass is 10.1. The van der Waals surface area contributed by atoms with Gasteiger partial charge in [-0.15, -0.1) is 23.2 Å². The van der Waals surface area contributed by atoms with Crippen molar-refractivity contribution in [2.24, 2.45) is 0 Å². The Kier molecular flexibility index (Phi) is 3.76. The molecule has 13 heavy (non-hydrogen) atoms. The second kappa shape index (κ2) is 4.64. The number of carbonyl (C=O) groups excluding carboxylic acids is 1. The fraction of sp³-hybridized carbons (Fsp3) is 0.300. The summed E-state index contributed by atoms with van der Waals surface area (Å²) in [6.07, 6.45) is 0. The standard InChI is InChI=1S/C10H10Cl2O/c1-7(13)9(11)10(12)8-5-3-2-4-6-8/h2-6,9-10H,1H3/t9-,10+/m1/s1. The highest BCUT2D eigenvalue weighted by Gasteiger charge is 2.22. The van der Waals surface area contributed by atoms with Gasteiger partial charge in [-0.25, -0.2) is 0 Å². The summed E-state index contributed by atoms with van der Waals surface area (Å²) in [4.78, 5) is 10.9. The molecular weight excluding hydrogens is 207 g/mol. The molecule has 1 nitrogen and oxygen atoms in total. The lowest BCUT2D eigenvalue weighted by Gasteiger charge is -2.12. The molecule has 0 spiro atoms. The molecule has 0 bridgehead atoms. The Bertz CT molecular complexity index is 284. The molecule has 0 fully saturated rings. The first kappa shape index (κ1) is 10.6. The smallest absolute Gasteiger partial charge is 0.149 e. The Balaban J connectivity index is 2.79. The van der Waals surface area contributed by atoms with Gasteiger partial charge in [0.1, 0.15) is 11.2 Å². The lowest BCUT2D eigenvalue weighted by molar-refractivity contribution is -0.116. The Labute approximate surface area is 87.7 Å². The molecular formula is C10H10Cl2O. The predicted molar refractivity (Wildman–Crippen MR) is 55.4 cm³/mol. The molecule has 0 aliphatic carbocycles. The van der Waals surface area contributed by atoms with Crippen LogP contribution in [0.5, 0.6) is 0 Å². The minimum atomic E-state index is -0.649. The molecule has 0 aliphatic heterocycles. The Morgan fingerprint density at radius 2 is 1.77 bits per heavy atom. The van der Waals surface area contributed by atoms with Crippen LogP contribution >= 0.6 is 23.2 Å². The first-order valence-electron chi connectivity index (χ1n) is 3.96. The van der Waals surface area contributed by atoms with Gasteiger partial charge in [0.2, 0.25) is 0 Å². The molecule has 0 aromatic heterocycles.